The van der Waals surface area contributed by atoms with Gasteiger partial charge < -0.3 is 14.2 Å². The third-order valence-corrected chi connectivity index (χ3v) is 3.12. The summed E-state index contributed by atoms with van der Waals surface area (Å²) in [5.74, 6) is -1.94. The van der Waals surface area contributed by atoms with Crippen molar-refractivity contribution in [1.29, 1.82) is 0 Å². The molecular weight excluding hydrogens is 266 g/mol. The van der Waals surface area contributed by atoms with Gasteiger partial charge in [0.25, 0.3) is 5.79 Å². The number of hydrogen-bond acceptors (Lipinski definition) is 6. The number of rotatable bonds is 2. The molecule has 1 aliphatic carbocycles. The van der Waals surface area contributed by atoms with Crippen molar-refractivity contribution < 1.29 is 28.6 Å². The molecule has 0 N–H and O–H groups in total. The average molecular weight is 285 g/mol. The Morgan fingerprint density at radius 1 is 1.30 bits per heavy atom. The maximum Gasteiger partial charge on any atom is 0.435 e. The molecule has 1 amide bonds. The Labute approximate surface area is 117 Å². The Morgan fingerprint density at radius 3 is 2.40 bits per heavy atom. The second-order valence-electron chi connectivity index (χ2n) is 5.60. The van der Waals surface area contributed by atoms with Gasteiger partial charge in [-0.15, -0.1) is 0 Å². The molecule has 0 saturated carbocycles. The first-order valence-electron chi connectivity index (χ1n) is 6.27. The zero-order chi connectivity index (χ0) is 15.1. The lowest BCUT2D eigenvalue weighted by Gasteiger charge is -2.48. The van der Waals surface area contributed by atoms with Gasteiger partial charge in [-0.25, -0.2) is 4.79 Å². The van der Waals surface area contributed by atoms with E-state index in [1.54, 1.807) is 32.9 Å². The van der Waals surface area contributed by atoms with Gasteiger partial charge in [0.05, 0.1) is 0 Å². The minimum absolute atomic E-state index is 0.380. The van der Waals surface area contributed by atoms with Crippen LogP contribution in [0, 0.1) is 0 Å². The number of amides is 1. The van der Waals surface area contributed by atoms with Gasteiger partial charge >= 0.3 is 6.09 Å². The van der Waals surface area contributed by atoms with Crippen LogP contribution in [0.5, 0.6) is 0 Å². The van der Waals surface area contributed by atoms with Crippen LogP contribution in [0.3, 0.4) is 0 Å². The molecule has 20 heavy (non-hydrogen) atoms. The van der Waals surface area contributed by atoms with Gasteiger partial charge in [0.1, 0.15) is 11.6 Å². The molecule has 0 radical (unpaired) electrons. The third kappa shape index (κ3) is 2.21. The van der Waals surface area contributed by atoms with Gasteiger partial charge in [-0.3, -0.25) is 9.63 Å². The van der Waals surface area contributed by atoms with Crippen LogP contribution in [0.25, 0.3) is 0 Å². The number of carbonyl (C=O) groups is 2. The molecule has 2 bridgehead atoms. The van der Waals surface area contributed by atoms with Crippen molar-refractivity contribution in [2.45, 2.75) is 44.3 Å². The van der Waals surface area contributed by atoms with Crippen molar-refractivity contribution in [1.82, 2.24) is 5.06 Å². The Balaban J connectivity index is 2.29. The molecule has 2 heterocycles. The fourth-order valence-electron chi connectivity index (χ4n) is 2.26. The molecule has 7 nitrogen and oxygen atoms in total. The fourth-order valence-corrected chi connectivity index (χ4v) is 2.26. The predicted octanol–water partition coefficient (Wildman–Crippen LogP) is 1.03. The number of ether oxygens (including phenoxy) is 3. The smallest absolute Gasteiger partial charge is 0.435 e. The van der Waals surface area contributed by atoms with E-state index in [0.29, 0.717) is 0 Å². The lowest BCUT2D eigenvalue weighted by Crippen LogP contribution is -2.70. The standard InChI is InChI=1S/C13H19NO6/c1-12(2,3)19-11(16)14-9-7-6-8(20-14)10(15)13(9,17-4)18-5/h6-9H,1-5H3/t8-,9+/m1/s1. The Kier molecular flexibility index (Phi) is 3.62. The van der Waals surface area contributed by atoms with Crippen molar-refractivity contribution in [2.75, 3.05) is 14.2 Å². The predicted molar refractivity (Wildman–Crippen MR) is 67.6 cm³/mol. The van der Waals surface area contributed by atoms with Gasteiger partial charge in [-0.2, -0.15) is 5.06 Å². The first kappa shape index (κ1) is 15.0. The molecule has 1 saturated heterocycles. The molecule has 1 fully saturated rings. The molecule has 0 aromatic carbocycles. The second-order valence-corrected chi connectivity index (χ2v) is 5.60. The van der Waals surface area contributed by atoms with E-state index >= 15 is 0 Å². The number of ketones is 1. The van der Waals surface area contributed by atoms with E-state index in [2.05, 4.69) is 0 Å². The number of carbonyl (C=O) groups excluding carboxylic acids is 2. The molecule has 2 atom stereocenters. The van der Waals surface area contributed by atoms with E-state index in [1.807, 2.05) is 0 Å². The topological polar surface area (TPSA) is 74.3 Å². The summed E-state index contributed by atoms with van der Waals surface area (Å²) in [6.45, 7) is 5.23. The number of nitrogens with zero attached hydrogens (tertiary/aromatic N) is 1. The summed E-state index contributed by atoms with van der Waals surface area (Å²) in [7, 11) is 2.70. The maximum absolute atomic E-state index is 12.2. The Bertz CT molecular complexity index is 448. The SMILES string of the molecule is COC1(OC)C(=O)[C@H]2C=C[C@@H]1N(C(=O)OC(C)(C)C)O2. The van der Waals surface area contributed by atoms with E-state index in [0.717, 1.165) is 5.06 Å². The van der Waals surface area contributed by atoms with Crippen LogP contribution in [0.1, 0.15) is 20.8 Å². The number of Topliss-reactive ketones (excluding diaryl/α,β-unsaturated/α-hetero) is 1. The number of fused-ring (bicyclic) bond motifs is 2. The van der Waals surface area contributed by atoms with Crippen LogP contribution in [0.15, 0.2) is 12.2 Å². The lowest BCUT2D eigenvalue weighted by atomic mass is 9.89. The molecule has 3 rings (SSSR count). The minimum atomic E-state index is -1.56. The van der Waals surface area contributed by atoms with E-state index in [4.69, 9.17) is 19.0 Å². The second kappa shape index (κ2) is 4.83. The van der Waals surface area contributed by atoms with Crippen LogP contribution in [-0.4, -0.2) is 54.7 Å². The van der Waals surface area contributed by atoms with E-state index in [9.17, 15) is 9.59 Å². The van der Waals surface area contributed by atoms with Gasteiger partial charge in [-0.05, 0) is 26.8 Å². The lowest BCUT2D eigenvalue weighted by molar-refractivity contribution is -0.307. The Morgan fingerprint density at radius 2 is 1.90 bits per heavy atom. The summed E-state index contributed by atoms with van der Waals surface area (Å²) >= 11 is 0. The maximum atomic E-state index is 12.2. The van der Waals surface area contributed by atoms with Gasteiger partial charge in [-0.1, -0.05) is 6.08 Å². The summed E-state index contributed by atoms with van der Waals surface area (Å²) in [6.07, 6.45) is 1.60. The summed E-state index contributed by atoms with van der Waals surface area (Å²) in [4.78, 5) is 29.7. The minimum Gasteiger partial charge on any atom is -0.442 e. The highest BCUT2D eigenvalue weighted by Gasteiger charge is 2.60. The zero-order valence-corrected chi connectivity index (χ0v) is 12.2. The van der Waals surface area contributed by atoms with Crippen molar-refractivity contribution >= 4 is 11.9 Å². The first-order valence-corrected chi connectivity index (χ1v) is 6.27. The van der Waals surface area contributed by atoms with Crippen LogP contribution >= 0.6 is 0 Å². The van der Waals surface area contributed by atoms with Gasteiger partial charge in [0.2, 0.25) is 5.78 Å². The number of methoxy groups -OCH3 is 2. The zero-order valence-electron chi connectivity index (χ0n) is 12.2. The number of hydroxylamine groups is 2. The summed E-state index contributed by atoms with van der Waals surface area (Å²) in [5.41, 5.74) is -0.673. The van der Waals surface area contributed by atoms with E-state index in [1.165, 1.54) is 14.2 Å². The van der Waals surface area contributed by atoms with Crippen molar-refractivity contribution in [3.05, 3.63) is 12.2 Å². The first-order chi connectivity index (χ1) is 9.25. The summed E-state index contributed by atoms with van der Waals surface area (Å²) < 4.78 is 15.7. The molecule has 3 aliphatic rings. The molecule has 0 unspecified atom stereocenters. The highest BCUT2D eigenvalue weighted by molar-refractivity contribution is 5.95. The molecule has 7 heteroatoms. The van der Waals surface area contributed by atoms with E-state index < -0.39 is 29.6 Å². The van der Waals surface area contributed by atoms with Crippen molar-refractivity contribution in [3.63, 3.8) is 0 Å². The highest BCUT2D eigenvalue weighted by atomic mass is 16.8. The fraction of sp³-hybridized carbons (Fsp3) is 0.692. The molecule has 0 aromatic rings. The molecule has 112 valence electrons. The van der Waals surface area contributed by atoms with Gasteiger partial charge in [0.15, 0.2) is 6.10 Å². The quantitative estimate of drug-likeness (QED) is 0.557. The molecule has 2 aliphatic heterocycles. The Hall–Kier alpha value is -1.44. The average Bonchev–Trinajstić information content (AvgIpc) is 2.38. The van der Waals surface area contributed by atoms with Crippen LogP contribution in [-0.2, 0) is 23.8 Å². The third-order valence-electron chi connectivity index (χ3n) is 3.12. The molecule has 0 aromatic heterocycles. The van der Waals surface area contributed by atoms with Crippen LogP contribution in [0.2, 0.25) is 0 Å². The summed E-state index contributed by atoms with van der Waals surface area (Å²) in [6, 6.07) is -0.829. The molecular formula is C13H19NO6. The normalized spacial score (nSPS) is 27.9. The highest BCUT2D eigenvalue weighted by Crippen LogP contribution is 2.36. The monoisotopic (exact) mass is 285 g/mol. The van der Waals surface area contributed by atoms with Crippen molar-refractivity contribution in [3.8, 4) is 0 Å². The summed E-state index contributed by atoms with van der Waals surface area (Å²) in [5, 5.41) is 0.990. The van der Waals surface area contributed by atoms with Crippen LogP contribution < -0.4 is 0 Å². The van der Waals surface area contributed by atoms with E-state index in [-0.39, 0.29) is 5.78 Å². The van der Waals surface area contributed by atoms with Crippen molar-refractivity contribution in [2.24, 2.45) is 0 Å². The van der Waals surface area contributed by atoms with Gasteiger partial charge in [0, 0.05) is 14.2 Å². The molecule has 0 spiro atoms. The largest absolute Gasteiger partial charge is 0.442 e. The van der Waals surface area contributed by atoms with Crippen LogP contribution in [0.4, 0.5) is 4.79 Å². The number of hydrogen-bond donors (Lipinski definition) is 0.